The number of fused-ring (bicyclic) bond motifs is 5. The summed E-state index contributed by atoms with van der Waals surface area (Å²) in [5.74, 6) is 0. The summed E-state index contributed by atoms with van der Waals surface area (Å²) in [6.07, 6.45) is 0. The van der Waals surface area contributed by atoms with Gasteiger partial charge in [-0.05, 0) is 97.7 Å². The maximum atomic E-state index is 6.36. The van der Waals surface area contributed by atoms with Crippen LogP contribution in [0.5, 0.6) is 0 Å². The average Bonchev–Trinajstić information content (AvgIpc) is 3.53. The van der Waals surface area contributed by atoms with E-state index < -0.39 is 8.07 Å². The van der Waals surface area contributed by atoms with Gasteiger partial charge < -0.3 is 9.31 Å². The van der Waals surface area contributed by atoms with Gasteiger partial charge in [0.1, 0.15) is 0 Å². The van der Waals surface area contributed by atoms with Gasteiger partial charge in [0.25, 0.3) is 0 Å². The molecule has 2 nitrogen and oxygen atoms in total. The highest BCUT2D eigenvalue weighted by atomic mass is 28.3. The molecule has 4 heteroatoms. The molecule has 1 fully saturated rings. The van der Waals surface area contributed by atoms with E-state index in [1.807, 2.05) is 0 Å². The van der Waals surface area contributed by atoms with Gasteiger partial charge in [0.2, 0.25) is 0 Å². The molecule has 48 heavy (non-hydrogen) atoms. The Morgan fingerprint density at radius 1 is 0.438 bits per heavy atom. The van der Waals surface area contributed by atoms with Gasteiger partial charge in [0.15, 0.2) is 8.07 Å². The fourth-order valence-corrected chi connectivity index (χ4v) is 13.1. The second-order valence-corrected chi connectivity index (χ2v) is 18.1. The molecule has 7 aromatic rings. The van der Waals surface area contributed by atoms with Crippen LogP contribution in [0.25, 0.3) is 43.8 Å². The topological polar surface area (TPSA) is 18.5 Å². The van der Waals surface area contributed by atoms with Crippen molar-refractivity contribution in [1.82, 2.24) is 0 Å². The first-order valence-corrected chi connectivity index (χ1v) is 18.9. The highest BCUT2D eigenvalue weighted by molar-refractivity contribution is 7.22. The quantitative estimate of drug-likeness (QED) is 0.189. The lowest BCUT2D eigenvalue weighted by atomic mass is 9.78. The molecule has 0 saturated carbocycles. The van der Waals surface area contributed by atoms with E-state index in [4.69, 9.17) is 9.31 Å². The van der Waals surface area contributed by atoms with Gasteiger partial charge in [0, 0.05) is 0 Å². The predicted molar refractivity (Wildman–Crippen MR) is 205 cm³/mol. The molecule has 9 rings (SSSR count). The lowest BCUT2D eigenvalue weighted by Gasteiger charge is -2.32. The van der Waals surface area contributed by atoms with Crippen LogP contribution in [0.1, 0.15) is 27.7 Å². The summed E-state index contributed by atoms with van der Waals surface area (Å²) in [6, 6.07) is 56.9. The van der Waals surface area contributed by atoms with E-state index in [-0.39, 0.29) is 18.3 Å². The van der Waals surface area contributed by atoms with E-state index >= 15 is 0 Å². The maximum Gasteiger partial charge on any atom is 0.494 e. The third-order valence-corrected chi connectivity index (χ3v) is 16.0. The summed E-state index contributed by atoms with van der Waals surface area (Å²) in [7, 11) is -3.10. The molecule has 0 amide bonds. The highest BCUT2D eigenvalue weighted by Gasteiger charge is 2.52. The Morgan fingerprint density at radius 3 is 1.54 bits per heavy atom. The minimum absolute atomic E-state index is 0.370. The van der Waals surface area contributed by atoms with Crippen molar-refractivity contribution in [1.29, 1.82) is 0 Å². The third kappa shape index (κ3) is 4.33. The summed E-state index contributed by atoms with van der Waals surface area (Å²) in [6.45, 7) is 8.41. The van der Waals surface area contributed by atoms with Crippen molar-refractivity contribution in [2.45, 2.75) is 38.9 Å². The van der Waals surface area contributed by atoms with E-state index in [1.165, 1.54) is 64.5 Å². The van der Waals surface area contributed by atoms with Gasteiger partial charge in [-0.2, -0.15) is 0 Å². The molecule has 0 spiro atoms. The molecule has 232 valence electrons. The summed E-state index contributed by atoms with van der Waals surface area (Å²) >= 11 is 0. The minimum atomic E-state index is -2.73. The van der Waals surface area contributed by atoms with Crippen molar-refractivity contribution in [2.24, 2.45) is 0 Å². The lowest BCUT2D eigenvalue weighted by Crippen LogP contribution is -2.72. The average molecular weight is 637 g/mol. The van der Waals surface area contributed by atoms with E-state index in [0.717, 1.165) is 5.46 Å². The number of rotatable bonds is 4. The molecule has 0 unspecified atom stereocenters. The van der Waals surface area contributed by atoms with Crippen LogP contribution in [-0.2, 0) is 9.31 Å². The van der Waals surface area contributed by atoms with Crippen LogP contribution in [-0.4, -0.2) is 26.4 Å². The Bertz CT molecular complexity index is 2280. The summed E-state index contributed by atoms with van der Waals surface area (Å²) in [4.78, 5) is 0. The zero-order valence-corrected chi connectivity index (χ0v) is 28.8. The van der Waals surface area contributed by atoms with Crippen LogP contribution in [0.3, 0.4) is 0 Å². The predicted octanol–water partition coefficient (Wildman–Crippen LogP) is 7.32. The second-order valence-electron chi connectivity index (χ2n) is 14.4. The van der Waals surface area contributed by atoms with Crippen molar-refractivity contribution >= 4 is 62.9 Å². The van der Waals surface area contributed by atoms with Crippen LogP contribution >= 0.6 is 0 Å². The van der Waals surface area contributed by atoms with E-state index in [9.17, 15) is 0 Å². The molecular weight excluding hydrogens is 599 g/mol. The Labute approximate surface area is 284 Å². The first-order valence-electron chi connectivity index (χ1n) is 16.9. The van der Waals surface area contributed by atoms with Gasteiger partial charge in [-0.1, -0.05) is 152 Å². The Hall–Kier alpha value is -4.74. The molecule has 2 aliphatic heterocycles. The molecule has 1 saturated heterocycles. The fraction of sp³-hybridized carbons (Fsp3) is 0.136. The van der Waals surface area contributed by atoms with Crippen molar-refractivity contribution in [2.75, 3.05) is 0 Å². The molecule has 0 radical (unpaired) electrons. The first kappa shape index (κ1) is 29.4. The minimum Gasteiger partial charge on any atom is -0.399 e. The third-order valence-electron chi connectivity index (χ3n) is 11.2. The number of hydrogen-bond donors (Lipinski definition) is 0. The fourth-order valence-electron chi connectivity index (χ4n) is 7.90. The van der Waals surface area contributed by atoms with Gasteiger partial charge >= 0.3 is 7.12 Å². The van der Waals surface area contributed by atoms with E-state index in [2.05, 4.69) is 179 Å². The molecule has 2 aliphatic rings. The molecule has 0 atom stereocenters. The van der Waals surface area contributed by atoms with Crippen LogP contribution in [0.4, 0.5) is 0 Å². The van der Waals surface area contributed by atoms with Gasteiger partial charge in [-0.15, -0.1) is 0 Å². The van der Waals surface area contributed by atoms with Crippen molar-refractivity contribution in [3.63, 3.8) is 0 Å². The van der Waals surface area contributed by atoms with Crippen molar-refractivity contribution < 1.29 is 9.31 Å². The molecular formula is C44H37BO2Si. The van der Waals surface area contributed by atoms with Crippen LogP contribution in [0, 0.1) is 0 Å². The summed E-state index contributed by atoms with van der Waals surface area (Å²) in [5.41, 5.74) is 5.41. The van der Waals surface area contributed by atoms with Crippen LogP contribution in [0.15, 0.2) is 152 Å². The van der Waals surface area contributed by atoms with Gasteiger partial charge in [0.05, 0.1) is 11.2 Å². The SMILES string of the molecule is CC1(C)OB(c2ccc(-c3ccc4c(c3)[Si](c3ccc5ccccc5c3)(c3ccc5ccccc5c3)c3ccccc3-4)cc2)OC1(C)C. The van der Waals surface area contributed by atoms with Crippen molar-refractivity contribution in [3.05, 3.63) is 152 Å². The van der Waals surface area contributed by atoms with Crippen molar-refractivity contribution in [3.8, 4) is 22.3 Å². The lowest BCUT2D eigenvalue weighted by molar-refractivity contribution is 0.00578. The zero-order valence-electron chi connectivity index (χ0n) is 27.8. The molecule has 0 aromatic heterocycles. The van der Waals surface area contributed by atoms with E-state index in [0.29, 0.717) is 0 Å². The molecule has 0 bridgehead atoms. The second kappa shape index (κ2) is 10.6. The highest BCUT2D eigenvalue weighted by Crippen LogP contribution is 2.37. The molecule has 2 heterocycles. The normalized spacial score (nSPS) is 17.0. The molecule has 0 N–H and O–H groups in total. The zero-order chi connectivity index (χ0) is 32.7. The monoisotopic (exact) mass is 636 g/mol. The Balaban J connectivity index is 1.25. The van der Waals surface area contributed by atoms with Crippen LogP contribution < -0.4 is 26.2 Å². The molecule has 7 aromatic carbocycles. The maximum absolute atomic E-state index is 6.36. The Kier molecular flexibility index (Phi) is 6.51. The molecule has 0 aliphatic carbocycles. The largest absolute Gasteiger partial charge is 0.494 e. The standard InChI is InChI=1S/C44H37BO2Si/c1-43(2)44(3,4)47-45(46-43)36-22-17-32(18-23-36)35-21-26-40-39-15-9-10-16-41(39)48(42(40)29-35,37-24-19-30-11-5-7-13-33(30)27-37)38-25-20-31-12-6-8-14-34(31)28-38/h5-29H,1-4H3. The summed E-state index contributed by atoms with van der Waals surface area (Å²) < 4.78 is 12.7. The summed E-state index contributed by atoms with van der Waals surface area (Å²) in [5, 5.41) is 10.8. The van der Waals surface area contributed by atoms with E-state index in [1.54, 1.807) is 0 Å². The number of hydrogen-bond acceptors (Lipinski definition) is 2. The smallest absolute Gasteiger partial charge is 0.399 e. The first-order chi connectivity index (χ1) is 23.2. The van der Waals surface area contributed by atoms with Crippen LogP contribution in [0.2, 0.25) is 0 Å². The van der Waals surface area contributed by atoms with Gasteiger partial charge in [-0.25, -0.2) is 0 Å². The Morgan fingerprint density at radius 2 is 0.938 bits per heavy atom. The number of benzene rings is 7. The van der Waals surface area contributed by atoms with Gasteiger partial charge in [-0.3, -0.25) is 0 Å².